The van der Waals surface area contributed by atoms with Crippen LogP contribution in [0.25, 0.3) is 0 Å². The monoisotopic (exact) mass is 300 g/mol. The van der Waals surface area contributed by atoms with Crippen molar-refractivity contribution in [2.45, 2.75) is 6.54 Å². The van der Waals surface area contributed by atoms with E-state index in [4.69, 9.17) is 21.4 Å². The van der Waals surface area contributed by atoms with E-state index in [1.807, 2.05) is 23.1 Å². The molecule has 0 aliphatic heterocycles. The molecule has 1 rings (SSSR count). The van der Waals surface area contributed by atoms with Crippen molar-refractivity contribution >= 4 is 17.5 Å². The number of hydrogen-bond acceptors (Lipinski definition) is 4. The van der Waals surface area contributed by atoms with Gasteiger partial charge in [0.05, 0.1) is 19.8 Å². The smallest absolute Gasteiger partial charge is 0.234 e. The van der Waals surface area contributed by atoms with Gasteiger partial charge in [-0.3, -0.25) is 9.69 Å². The number of halogens is 1. The van der Waals surface area contributed by atoms with Gasteiger partial charge in [-0.05, 0) is 11.6 Å². The lowest BCUT2D eigenvalue weighted by Gasteiger charge is -2.20. The largest absolute Gasteiger partial charge is 0.395 e. The zero-order chi connectivity index (χ0) is 14.8. The maximum absolute atomic E-state index is 11.9. The number of aliphatic hydroxyl groups is 1. The molecule has 0 saturated carbocycles. The molecule has 5 nitrogen and oxygen atoms in total. The number of nitrogens with zero attached hydrogens (tertiary/aromatic N) is 1. The van der Waals surface area contributed by atoms with Crippen molar-refractivity contribution in [3.63, 3.8) is 0 Å². The van der Waals surface area contributed by atoms with E-state index in [0.717, 1.165) is 5.56 Å². The number of amides is 1. The van der Waals surface area contributed by atoms with E-state index in [1.54, 1.807) is 13.2 Å². The van der Waals surface area contributed by atoms with Crippen LogP contribution in [0.15, 0.2) is 24.3 Å². The molecule has 0 fully saturated rings. The SMILES string of the molecule is COCCN(CCO)CC(=O)NCc1ccccc1Cl. The molecule has 0 aliphatic rings. The molecule has 0 atom stereocenters. The van der Waals surface area contributed by atoms with Crippen molar-refractivity contribution in [3.05, 3.63) is 34.9 Å². The standard InChI is InChI=1S/C14H21ClN2O3/c1-20-9-7-17(6-8-18)11-14(19)16-10-12-4-2-3-5-13(12)15/h2-5,18H,6-11H2,1H3,(H,16,19). The van der Waals surface area contributed by atoms with Gasteiger partial charge in [0, 0.05) is 31.8 Å². The molecule has 1 aromatic rings. The molecule has 6 heteroatoms. The van der Waals surface area contributed by atoms with E-state index in [0.29, 0.717) is 31.3 Å². The zero-order valence-corrected chi connectivity index (χ0v) is 12.4. The summed E-state index contributed by atoms with van der Waals surface area (Å²) in [6.07, 6.45) is 0. The van der Waals surface area contributed by atoms with E-state index in [9.17, 15) is 4.79 Å². The van der Waals surface area contributed by atoms with Gasteiger partial charge in [0.25, 0.3) is 0 Å². The summed E-state index contributed by atoms with van der Waals surface area (Å²) >= 11 is 6.02. The van der Waals surface area contributed by atoms with Crippen molar-refractivity contribution in [2.75, 3.05) is 40.0 Å². The molecule has 0 aromatic heterocycles. The van der Waals surface area contributed by atoms with Gasteiger partial charge in [0.2, 0.25) is 5.91 Å². The number of hydrogen-bond donors (Lipinski definition) is 2. The lowest BCUT2D eigenvalue weighted by Crippen LogP contribution is -2.40. The number of carbonyl (C=O) groups is 1. The fraction of sp³-hybridized carbons (Fsp3) is 0.500. The van der Waals surface area contributed by atoms with Crippen molar-refractivity contribution in [2.24, 2.45) is 0 Å². The van der Waals surface area contributed by atoms with Crippen LogP contribution in [0, 0.1) is 0 Å². The van der Waals surface area contributed by atoms with Crippen LogP contribution in [0.4, 0.5) is 0 Å². The van der Waals surface area contributed by atoms with Gasteiger partial charge in [-0.1, -0.05) is 29.8 Å². The van der Waals surface area contributed by atoms with E-state index >= 15 is 0 Å². The van der Waals surface area contributed by atoms with Crippen molar-refractivity contribution in [1.82, 2.24) is 10.2 Å². The third-order valence-corrected chi connectivity index (χ3v) is 3.20. The summed E-state index contributed by atoms with van der Waals surface area (Å²) in [7, 11) is 1.61. The maximum atomic E-state index is 11.9. The minimum atomic E-state index is -0.102. The fourth-order valence-electron chi connectivity index (χ4n) is 1.73. The average molecular weight is 301 g/mol. The molecular weight excluding hydrogens is 280 g/mol. The minimum Gasteiger partial charge on any atom is -0.395 e. The Bertz CT molecular complexity index is 415. The number of rotatable bonds is 9. The summed E-state index contributed by atoms with van der Waals surface area (Å²) in [6.45, 7) is 2.23. The predicted molar refractivity (Wildman–Crippen MR) is 78.7 cm³/mol. The fourth-order valence-corrected chi connectivity index (χ4v) is 1.93. The summed E-state index contributed by atoms with van der Waals surface area (Å²) in [6, 6.07) is 7.39. The predicted octanol–water partition coefficient (Wildman–Crippen LogP) is 0.897. The van der Waals surface area contributed by atoms with Gasteiger partial charge >= 0.3 is 0 Å². The molecule has 0 aliphatic carbocycles. The molecule has 112 valence electrons. The molecule has 20 heavy (non-hydrogen) atoms. The van der Waals surface area contributed by atoms with E-state index in [2.05, 4.69) is 5.32 Å². The Labute approximate surface area is 124 Å². The summed E-state index contributed by atoms with van der Waals surface area (Å²) < 4.78 is 4.97. The Morgan fingerprint density at radius 1 is 1.40 bits per heavy atom. The van der Waals surface area contributed by atoms with Gasteiger partial charge in [-0.25, -0.2) is 0 Å². The first-order chi connectivity index (χ1) is 9.67. The lowest BCUT2D eigenvalue weighted by atomic mass is 10.2. The molecular formula is C14H21ClN2O3. The summed E-state index contributed by atoms with van der Waals surface area (Å²) in [5.74, 6) is -0.102. The third-order valence-electron chi connectivity index (χ3n) is 2.83. The van der Waals surface area contributed by atoms with Gasteiger partial charge < -0.3 is 15.2 Å². The van der Waals surface area contributed by atoms with Crippen LogP contribution in [0.5, 0.6) is 0 Å². The molecule has 0 unspecified atom stereocenters. The Kier molecular flexibility index (Phi) is 8.22. The van der Waals surface area contributed by atoms with Crippen LogP contribution in [0.3, 0.4) is 0 Å². The number of nitrogens with one attached hydrogen (secondary N) is 1. The van der Waals surface area contributed by atoms with Crippen LogP contribution >= 0.6 is 11.6 Å². The topological polar surface area (TPSA) is 61.8 Å². The molecule has 2 N–H and O–H groups in total. The Hall–Kier alpha value is -1.14. The molecule has 0 saturated heterocycles. The lowest BCUT2D eigenvalue weighted by molar-refractivity contribution is -0.122. The number of aliphatic hydroxyl groups excluding tert-OH is 1. The highest BCUT2D eigenvalue weighted by molar-refractivity contribution is 6.31. The Balaban J connectivity index is 2.39. The number of methoxy groups -OCH3 is 1. The van der Waals surface area contributed by atoms with Crippen LogP contribution in [0.1, 0.15) is 5.56 Å². The highest BCUT2D eigenvalue weighted by atomic mass is 35.5. The normalized spacial score (nSPS) is 10.8. The van der Waals surface area contributed by atoms with Gasteiger partial charge in [-0.2, -0.15) is 0 Å². The molecule has 1 amide bonds. The van der Waals surface area contributed by atoms with Crippen LogP contribution in [0.2, 0.25) is 5.02 Å². The van der Waals surface area contributed by atoms with Crippen LogP contribution in [-0.4, -0.2) is 55.9 Å². The van der Waals surface area contributed by atoms with Crippen molar-refractivity contribution in [1.29, 1.82) is 0 Å². The zero-order valence-electron chi connectivity index (χ0n) is 11.6. The maximum Gasteiger partial charge on any atom is 0.234 e. The highest BCUT2D eigenvalue weighted by Gasteiger charge is 2.10. The second kappa shape index (κ2) is 9.72. The molecule has 1 aromatic carbocycles. The summed E-state index contributed by atoms with van der Waals surface area (Å²) in [5, 5.41) is 12.4. The number of benzene rings is 1. The van der Waals surface area contributed by atoms with Crippen molar-refractivity contribution < 1.29 is 14.6 Å². The number of carbonyl (C=O) groups excluding carboxylic acids is 1. The highest BCUT2D eigenvalue weighted by Crippen LogP contribution is 2.14. The van der Waals surface area contributed by atoms with Crippen LogP contribution in [-0.2, 0) is 16.1 Å². The summed E-state index contributed by atoms with van der Waals surface area (Å²) in [4.78, 5) is 13.7. The third kappa shape index (κ3) is 6.34. The molecule has 0 heterocycles. The van der Waals surface area contributed by atoms with E-state index in [-0.39, 0.29) is 19.1 Å². The minimum absolute atomic E-state index is 0.0154. The first-order valence-corrected chi connectivity index (χ1v) is 6.87. The summed E-state index contributed by atoms with van der Waals surface area (Å²) in [5.41, 5.74) is 0.883. The Morgan fingerprint density at radius 3 is 2.80 bits per heavy atom. The Morgan fingerprint density at radius 2 is 2.15 bits per heavy atom. The second-order valence-corrected chi connectivity index (χ2v) is 4.77. The number of ether oxygens (including phenoxy) is 1. The van der Waals surface area contributed by atoms with E-state index < -0.39 is 0 Å². The quantitative estimate of drug-likeness (QED) is 0.711. The first kappa shape index (κ1) is 16.9. The van der Waals surface area contributed by atoms with Gasteiger partial charge in [-0.15, -0.1) is 0 Å². The van der Waals surface area contributed by atoms with Gasteiger partial charge in [0.15, 0.2) is 0 Å². The average Bonchev–Trinajstić information content (AvgIpc) is 2.44. The van der Waals surface area contributed by atoms with Gasteiger partial charge in [0.1, 0.15) is 0 Å². The van der Waals surface area contributed by atoms with E-state index in [1.165, 1.54) is 0 Å². The van der Waals surface area contributed by atoms with Crippen molar-refractivity contribution in [3.8, 4) is 0 Å². The molecule has 0 bridgehead atoms. The molecule has 0 spiro atoms. The van der Waals surface area contributed by atoms with Crippen LogP contribution < -0.4 is 5.32 Å². The second-order valence-electron chi connectivity index (χ2n) is 4.36. The first-order valence-electron chi connectivity index (χ1n) is 6.49. The molecule has 0 radical (unpaired) electrons.